The molecule has 1 aromatic rings. The Morgan fingerprint density at radius 1 is 1.53 bits per heavy atom. The number of hydrogen-bond acceptors (Lipinski definition) is 4. The summed E-state index contributed by atoms with van der Waals surface area (Å²) in [6.45, 7) is 8.92. The van der Waals surface area contributed by atoms with Crippen LogP contribution in [0, 0.1) is 0 Å². The van der Waals surface area contributed by atoms with Crippen molar-refractivity contribution in [3.05, 3.63) is 22.8 Å². The molecule has 1 heterocycles. The number of hydrogen-bond donors (Lipinski definition) is 2. The second-order valence-corrected chi connectivity index (χ2v) is 4.86. The first-order valence-corrected chi connectivity index (χ1v) is 6.79. The molecule has 3 N–H and O–H groups in total. The normalized spacial score (nSPS) is 12.5. The number of halogens is 1. The first kappa shape index (κ1) is 15.7. The molecular formula is C13H21ClN4O. The van der Waals surface area contributed by atoms with Gasteiger partial charge in [-0.1, -0.05) is 25.4 Å². The largest absolute Gasteiger partial charge is 0.382 e. The van der Waals surface area contributed by atoms with Crippen molar-refractivity contribution in [2.45, 2.75) is 26.8 Å². The maximum absolute atomic E-state index is 12.0. The molecular weight excluding hydrogens is 264 g/mol. The van der Waals surface area contributed by atoms with Crippen LogP contribution in [0.3, 0.4) is 0 Å². The molecule has 0 bridgehead atoms. The van der Waals surface area contributed by atoms with Crippen molar-refractivity contribution in [1.29, 1.82) is 0 Å². The number of anilines is 1. The Bertz CT molecular complexity index is 435. The molecule has 5 nitrogen and oxygen atoms in total. The summed E-state index contributed by atoms with van der Waals surface area (Å²) in [5.74, 6) is 0.0449. The van der Waals surface area contributed by atoms with Crippen molar-refractivity contribution in [3.63, 3.8) is 0 Å². The maximum Gasteiger partial charge on any atom is 0.253 e. The van der Waals surface area contributed by atoms with Gasteiger partial charge in [-0.2, -0.15) is 0 Å². The zero-order valence-corrected chi connectivity index (χ0v) is 12.4. The lowest BCUT2D eigenvalue weighted by atomic mass is 10.2. The molecule has 0 fully saturated rings. The van der Waals surface area contributed by atoms with Crippen molar-refractivity contribution in [2.75, 3.05) is 25.4 Å². The molecule has 106 valence electrons. The lowest BCUT2D eigenvalue weighted by molar-refractivity contribution is 0.0930. The topological polar surface area (TPSA) is 71.2 Å². The molecule has 1 amide bonds. The van der Waals surface area contributed by atoms with Crippen molar-refractivity contribution < 1.29 is 4.79 Å². The third-order valence-corrected chi connectivity index (χ3v) is 3.24. The van der Waals surface area contributed by atoms with Gasteiger partial charge in [0.2, 0.25) is 0 Å². The van der Waals surface area contributed by atoms with E-state index in [9.17, 15) is 4.79 Å². The van der Waals surface area contributed by atoms with E-state index in [1.807, 2.05) is 6.92 Å². The second-order valence-electron chi connectivity index (χ2n) is 4.45. The molecule has 19 heavy (non-hydrogen) atoms. The van der Waals surface area contributed by atoms with Gasteiger partial charge >= 0.3 is 0 Å². The summed E-state index contributed by atoms with van der Waals surface area (Å²) in [7, 11) is 0. The number of carbonyl (C=O) groups excluding carboxylic acids is 1. The Hall–Kier alpha value is -1.33. The Labute approximate surface area is 119 Å². The van der Waals surface area contributed by atoms with Crippen LogP contribution in [0.2, 0.25) is 5.02 Å². The first-order chi connectivity index (χ1) is 8.97. The van der Waals surface area contributed by atoms with Crippen molar-refractivity contribution in [3.8, 4) is 0 Å². The smallest absolute Gasteiger partial charge is 0.253 e. The van der Waals surface area contributed by atoms with E-state index < -0.39 is 0 Å². The number of likely N-dealkylation sites (N-methyl/N-ethyl adjacent to an activating group) is 1. The van der Waals surface area contributed by atoms with E-state index in [1.165, 1.54) is 12.3 Å². The minimum atomic E-state index is -0.186. The van der Waals surface area contributed by atoms with Crippen LogP contribution in [0.25, 0.3) is 0 Å². The molecule has 0 aliphatic rings. The fraction of sp³-hybridized carbons (Fsp3) is 0.538. The molecule has 1 aromatic heterocycles. The van der Waals surface area contributed by atoms with Gasteiger partial charge in [0, 0.05) is 18.8 Å². The molecule has 1 atom stereocenters. The van der Waals surface area contributed by atoms with E-state index in [4.69, 9.17) is 17.3 Å². The van der Waals surface area contributed by atoms with Gasteiger partial charge in [-0.25, -0.2) is 4.98 Å². The van der Waals surface area contributed by atoms with Crippen LogP contribution in [-0.2, 0) is 0 Å². The summed E-state index contributed by atoms with van der Waals surface area (Å²) >= 11 is 5.85. The van der Waals surface area contributed by atoms with Gasteiger partial charge in [0.05, 0.1) is 10.6 Å². The third kappa shape index (κ3) is 4.69. The monoisotopic (exact) mass is 284 g/mol. The minimum Gasteiger partial charge on any atom is -0.382 e. The third-order valence-electron chi connectivity index (χ3n) is 2.94. The van der Waals surface area contributed by atoms with Crippen LogP contribution in [0.1, 0.15) is 31.1 Å². The highest BCUT2D eigenvalue weighted by Crippen LogP contribution is 2.16. The Balaban J connectivity index is 2.61. The SMILES string of the molecule is CCN(CC)CC(C)NC(=O)c1cnc(N)c(Cl)c1. The molecule has 6 heteroatoms. The fourth-order valence-corrected chi connectivity index (χ4v) is 1.96. The Morgan fingerprint density at radius 3 is 2.68 bits per heavy atom. The second kappa shape index (κ2) is 7.31. The summed E-state index contributed by atoms with van der Waals surface area (Å²) in [5.41, 5.74) is 5.93. The average molecular weight is 285 g/mol. The molecule has 0 aliphatic heterocycles. The van der Waals surface area contributed by atoms with E-state index in [0.29, 0.717) is 10.6 Å². The highest BCUT2D eigenvalue weighted by atomic mass is 35.5. The lowest BCUT2D eigenvalue weighted by Crippen LogP contribution is -2.42. The maximum atomic E-state index is 12.0. The van der Waals surface area contributed by atoms with Crippen molar-refractivity contribution in [1.82, 2.24) is 15.2 Å². The van der Waals surface area contributed by atoms with Gasteiger partial charge in [-0.05, 0) is 26.1 Å². The van der Waals surface area contributed by atoms with E-state index >= 15 is 0 Å². The molecule has 1 unspecified atom stereocenters. The average Bonchev–Trinajstić information content (AvgIpc) is 2.38. The number of amides is 1. The number of nitrogen functional groups attached to an aromatic ring is 1. The van der Waals surface area contributed by atoms with Gasteiger partial charge in [0.25, 0.3) is 5.91 Å². The fourth-order valence-electron chi connectivity index (χ4n) is 1.79. The molecule has 0 saturated heterocycles. The van der Waals surface area contributed by atoms with Crippen LogP contribution in [0.5, 0.6) is 0 Å². The van der Waals surface area contributed by atoms with Crippen LogP contribution >= 0.6 is 11.6 Å². The number of nitrogens with two attached hydrogens (primary N) is 1. The summed E-state index contributed by atoms with van der Waals surface area (Å²) < 4.78 is 0. The standard InChI is InChI=1S/C13H21ClN4O/c1-4-18(5-2)8-9(3)17-13(19)10-6-11(14)12(15)16-7-10/h6-7,9H,4-5,8H2,1-3H3,(H2,15,16)(H,17,19). The van der Waals surface area contributed by atoms with Crippen LogP contribution in [0.15, 0.2) is 12.3 Å². The number of nitrogens with one attached hydrogen (secondary N) is 1. The van der Waals surface area contributed by atoms with Gasteiger partial charge in [-0.15, -0.1) is 0 Å². The van der Waals surface area contributed by atoms with E-state index in [1.54, 1.807) is 0 Å². The quantitative estimate of drug-likeness (QED) is 0.835. The van der Waals surface area contributed by atoms with Gasteiger partial charge in [0.1, 0.15) is 5.82 Å². The van der Waals surface area contributed by atoms with E-state index in [-0.39, 0.29) is 17.8 Å². The molecule has 0 saturated carbocycles. The number of pyridine rings is 1. The number of nitrogens with zero attached hydrogens (tertiary/aromatic N) is 2. The highest BCUT2D eigenvalue weighted by Gasteiger charge is 2.13. The number of rotatable bonds is 6. The lowest BCUT2D eigenvalue weighted by Gasteiger charge is -2.23. The predicted octanol–water partition coefficient (Wildman–Crippen LogP) is 1.78. The molecule has 0 radical (unpaired) electrons. The van der Waals surface area contributed by atoms with Crippen molar-refractivity contribution >= 4 is 23.3 Å². The molecule has 0 aliphatic carbocycles. The zero-order valence-electron chi connectivity index (χ0n) is 11.6. The van der Waals surface area contributed by atoms with Crippen molar-refractivity contribution in [2.24, 2.45) is 0 Å². The van der Waals surface area contributed by atoms with E-state index in [2.05, 4.69) is 29.0 Å². The zero-order chi connectivity index (χ0) is 14.4. The molecule has 0 spiro atoms. The van der Waals surface area contributed by atoms with Crippen LogP contribution < -0.4 is 11.1 Å². The number of aromatic nitrogens is 1. The van der Waals surface area contributed by atoms with Gasteiger partial charge in [0.15, 0.2) is 0 Å². The molecule has 0 aromatic carbocycles. The van der Waals surface area contributed by atoms with Gasteiger partial charge in [-0.3, -0.25) is 4.79 Å². The summed E-state index contributed by atoms with van der Waals surface area (Å²) in [5, 5.41) is 3.22. The summed E-state index contributed by atoms with van der Waals surface area (Å²) in [6.07, 6.45) is 1.43. The summed E-state index contributed by atoms with van der Waals surface area (Å²) in [4.78, 5) is 18.1. The van der Waals surface area contributed by atoms with E-state index in [0.717, 1.165) is 19.6 Å². The molecule has 1 rings (SSSR count). The Kier molecular flexibility index (Phi) is 6.05. The highest BCUT2D eigenvalue weighted by molar-refractivity contribution is 6.33. The van der Waals surface area contributed by atoms with Crippen LogP contribution in [-0.4, -0.2) is 41.5 Å². The summed E-state index contributed by atoms with van der Waals surface area (Å²) in [6, 6.07) is 1.59. The Morgan fingerprint density at radius 2 is 2.16 bits per heavy atom. The first-order valence-electron chi connectivity index (χ1n) is 6.42. The van der Waals surface area contributed by atoms with Crippen LogP contribution in [0.4, 0.5) is 5.82 Å². The predicted molar refractivity (Wildman–Crippen MR) is 78.4 cm³/mol. The van der Waals surface area contributed by atoms with Gasteiger partial charge < -0.3 is 16.0 Å². The number of carbonyl (C=O) groups is 1. The minimum absolute atomic E-state index is 0.0590.